The summed E-state index contributed by atoms with van der Waals surface area (Å²) >= 11 is 0. The highest BCUT2D eigenvalue weighted by atomic mass is 16.7. The van der Waals surface area contributed by atoms with Gasteiger partial charge in [-0.15, -0.1) is 0 Å². The van der Waals surface area contributed by atoms with E-state index in [9.17, 15) is 5.11 Å². The van der Waals surface area contributed by atoms with Crippen molar-refractivity contribution >= 4 is 0 Å². The van der Waals surface area contributed by atoms with Crippen molar-refractivity contribution < 1.29 is 14.6 Å². The van der Waals surface area contributed by atoms with Gasteiger partial charge >= 0.3 is 0 Å². The molecule has 0 radical (unpaired) electrons. The van der Waals surface area contributed by atoms with Crippen molar-refractivity contribution in [2.45, 2.75) is 39.8 Å². The highest BCUT2D eigenvalue weighted by molar-refractivity contribution is 5.45. The Bertz CT molecular complexity index is 740. The molecule has 24 heavy (non-hydrogen) atoms. The molecule has 0 spiro atoms. The first-order valence-corrected chi connectivity index (χ1v) is 8.33. The van der Waals surface area contributed by atoms with Crippen molar-refractivity contribution in [3.05, 3.63) is 52.6 Å². The molecule has 1 heterocycles. The molecule has 0 atom stereocenters. The van der Waals surface area contributed by atoms with Gasteiger partial charge in [0.05, 0.1) is 0 Å². The fourth-order valence-electron chi connectivity index (χ4n) is 3.20. The van der Waals surface area contributed by atoms with Crippen LogP contribution in [0.5, 0.6) is 17.2 Å². The number of hydrogen-bond acceptors (Lipinski definition) is 4. The largest absolute Gasteiger partial charge is 0.508 e. The van der Waals surface area contributed by atoms with E-state index in [1.165, 1.54) is 5.56 Å². The minimum atomic E-state index is 0.295. The number of phenols is 1. The third-order valence-electron chi connectivity index (χ3n) is 4.42. The first-order valence-electron chi connectivity index (χ1n) is 8.33. The summed E-state index contributed by atoms with van der Waals surface area (Å²) in [4.78, 5) is 2.19. The van der Waals surface area contributed by atoms with Gasteiger partial charge < -0.3 is 14.6 Å². The van der Waals surface area contributed by atoms with Crippen LogP contribution < -0.4 is 9.47 Å². The number of rotatable bonds is 5. The van der Waals surface area contributed by atoms with Gasteiger partial charge in [-0.25, -0.2) is 0 Å². The van der Waals surface area contributed by atoms with E-state index in [0.29, 0.717) is 25.0 Å². The van der Waals surface area contributed by atoms with Gasteiger partial charge in [0.25, 0.3) is 0 Å². The molecule has 0 saturated carbocycles. The van der Waals surface area contributed by atoms with Crippen LogP contribution >= 0.6 is 0 Å². The molecule has 1 N–H and O–H groups in total. The van der Waals surface area contributed by atoms with E-state index in [1.807, 2.05) is 18.2 Å². The van der Waals surface area contributed by atoms with Crippen molar-refractivity contribution in [3.8, 4) is 17.2 Å². The van der Waals surface area contributed by atoms with E-state index >= 15 is 0 Å². The van der Waals surface area contributed by atoms with Gasteiger partial charge in [-0.3, -0.25) is 4.90 Å². The quantitative estimate of drug-likeness (QED) is 0.894. The van der Waals surface area contributed by atoms with Gasteiger partial charge in [0.15, 0.2) is 11.5 Å². The van der Waals surface area contributed by atoms with Crippen LogP contribution in [0.2, 0.25) is 0 Å². The summed E-state index contributed by atoms with van der Waals surface area (Å²) in [5.74, 6) is 2.43. The molecule has 0 bridgehead atoms. The lowest BCUT2D eigenvalue weighted by Gasteiger charge is -2.20. The molecular weight excluding hydrogens is 302 g/mol. The molecule has 128 valence electrons. The Morgan fingerprint density at radius 1 is 1.08 bits per heavy atom. The zero-order chi connectivity index (χ0) is 17.3. The van der Waals surface area contributed by atoms with Crippen molar-refractivity contribution in [2.75, 3.05) is 13.8 Å². The molecule has 0 unspecified atom stereocenters. The third kappa shape index (κ3) is 3.49. The zero-order valence-electron chi connectivity index (χ0n) is 14.8. The van der Waals surface area contributed by atoms with Crippen LogP contribution in [0.3, 0.4) is 0 Å². The van der Waals surface area contributed by atoms with Crippen LogP contribution in [0.4, 0.5) is 0 Å². The molecule has 3 rings (SSSR count). The summed E-state index contributed by atoms with van der Waals surface area (Å²) in [6, 6.07) is 10.0. The summed E-state index contributed by atoms with van der Waals surface area (Å²) in [7, 11) is 2.05. The minimum Gasteiger partial charge on any atom is -0.508 e. The molecule has 4 nitrogen and oxygen atoms in total. The van der Waals surface area contributed by atoms with Gasteiger partial charge in [0.1, 0.15) is 5.75 Å². The van der Waals surface area contributed by atoms with Crippen molar-refractivity contribution in [3.63, 3.8) is 0 Å². The third-order valence-corrected chi connectivity index (χ3v) is 4.42. The maximum atomic E-state index is 10.3. The minimum absolute atomic E-state index is 0.295. The molecule has 0 saturated heterocycles. The maximum absolute atomic E-state index is 10.3. The maximum Gasteiger partial charge on any atom is 0.231 e. The van der Waals surface area contributed by atoms with Gasteiger partial charge in [-0.1, -0.05) is 26.0 Å². The number of aromatic hydroxyl groups is 1. The average Bonchev–Trinajstić information content (AvgIpc) is 2.97. The lowest BCUT2D eigenvalue weighted by molar-refractivity contribution is 0.174. The summed E-state index contributed by atoms with van der Waals surface area (Å²) in [5.41, 5.74) is 4.56. The Hall–Kier alpha value is -2.20. The smallest absolute Gasteiger partial charge is 0.231 e. The lowest BCUT2D eigenvalue weighted by atomic mass is 9.95. The molecule has 1 aliphatic rings. The van der Waals surface area contributed by atoms with Gasteiger partial charge in [0, 0.05) is 18.7 Å². The molecule has 1 aliphatic heterocycles. The summed E-state index contributed by atoms with van der Waals surface area (Å²) < 4.78 is 10.8. The Morgan fingerprint density at radius 3 is 2.58 bits per heavy atom. The van der Waals surface area contributed by atoms with E-state index in [2.05, 4.69) is 44.9 Å². The normalized spacial score (nSPS) is 13.1. The second-order valence-corrected chi connectivity index (χ2v) is 6.85. The number of aryl methyl sites for hydroxylation is 1. The van der Waals surface area contributed by atoms with Crippen LogP contribution in [0, 0.1) is 6.92 Å². The van der Waals surface area contributed by atoms with Crippen molar-refractivity contribution in [1.29, 1.82) is 0 Å². The zero-order valence-corrected chi connectivity index (χ0v) is 14.8. The number of nitrogens with zero attached hydrogens (tertiary/aromatic N) is 1. The molecule has 0 aromatic heterocycles. The van der Waals surface area contributed by atoms with E-state index < -0.39 is 0 Å². The molecule has 0 fully saturated rings. The Morgan fingerprint density at radius 2 is 1.83 bits per heavy atom. The number of benzene rings is 2. The fraction of sp³-hybridized carbons (Fsp3) is 0.400. The summed E-state index contributed by atoms with van der Waals surface area (Å²) in [6.07, 6.45) is 0. The molecule has 0 amide bonds. The molecular formula is C20H25NO3. The van der Waals surface area contributed by atoms with Gasteiger partial charge in [-0.2, -0.15) is 0 Å². The summed E-state index contributed by atoms with van der Waals surface area (Å²) in [5, 5.41) is 10.3. The number of ether oxygens (including phenoxy) is 2. The van der Waals surface area contributed by atoms with Crippen LogP contribution in [0.15, 0.2) is 30.3 Å². The predicted molar refractivity (Wildman–Crippen MR) is 94.7 cm³/mol. The van der Waals surface area contributed by atoms with E-state index in [1.54, 1.807) is 0 Å². The van der Waals surface area contributed by atoms with Gasteiger partial charge in [0.2, 0.25) is 6.79 Å². The summed E-state index contributed by atoms with van der Waals surface area (Å²) in [6.45, 7) is 8.18. The SMILES string of the molecule is Cc1cc(O)c(CN(C)Cc2ccc3c(c2)OCO3)cc1C(C)C. The topological polar surface area (TPSA) is 41.9 Å². The Balaban J connectivity index is 1.73. The Kier molecular flexibility index (Phi) is 4.67. The van der Waals surface area contributed by atoms with E-state index in [4.69, 9.17) is 9.47 Å². The number of hydrogen-bond donors (Lipinski definition) is 1. The highest BCUT2D eigenvalue weighted by Gasteiger charge is 2.15. The number of phenolic OH excluding ortho intramolecular Hbond substituents is 1. The highest BCUT2D eigenvalue weighted by Crippen LogP contribution is 2.33. The molecule has 2 aromatic rings. The average molecular weight is 327 g/mol. The van der Waals surface area contributed by atoms with E-state index in [-0.39, 0.29) is 0 Å². The molecule has 4 heteroatoms. The van der Waals surface area contributed by atoms with Crippen LogP contribution in [-0.2, 0) is 13.1 Å². The standard InChI is InChI=1S/C20H25NO3/c1-13(2)17-9-16(18(22)7-14(17)3)11-21(4)10-15-5-6-19-20(8-15)24-12-23-19/h5-9,13,22H,10-12H2,1-4H3. The first-order chi connectivity index (χ1) is 11.4. The fourth-order valence-corrected chi connectivity index (χ4v) is 3.20. The van der Waals surface area contributed by atoms with E-state index in [0.717, 1.165) is 34.7 Å². The Labute approximate surface area is 143 Å². The van der Waals surface area contributed by atoms with Crippen LogP contribution in [0.1, 0.15) is 42.0 Å². The second-order valence-electron chi connectivity index (χ2n) is 6.85. The van der Waals surface area contributed by atoms with Crippen molar-refractivity contribution in [2.24, 2.45) is 0 Å². The predicted octanol–water partition coefficient (Wildman–Crippen LogP) is 4.18. The van der Waals surface area contributed by atoms with Crippen LogP contribution in [0.25, 0.3) is 0 Å². The van der Waals surface area contributed by atoms with Crippen molar-refractivity contribution in [1.82, 2.24) is 4.90 Å². The van der Waals surface area contributed by atoms with Crippen LogP contribution in [-0.4, -0.2) is 23.8 Å². The lowest BCUT2D eigenvalue weighted by Crippen LogP contribution is -2.17. The monoisotopic (exact) mass is 327 g/mol. The van der Waals surface area contributed by atoms with Gasteiger partial charge in [-0.05, 0) is 54.8 Å². The molecule has 0 aliphatic carbocycles. The number of fused-ring (bicyclic) bond motifs is 1. The second kappa shape index (κ2) is 6.73. The first kappa shape index (κ1) is 16.7. The molecule has 2 aromatic carbocycles.